The minimum Gasteiger partial charge on any atom is -0.497 e. The Hall–Kier alpha value is -4.53. The van der Waals surface area contributed by atoms with Crippen LogP contribution in [0.3, 0.4) is 0 Å². The zero-order chi connectivity index (χ0) is 24.2. The van der Waals surface area contributed by atoms with Crippen LogP contribution in [-0.2, 0) is 0 Å². The number of benzene rings is 2. The Balaban J connectivity index is 1.46. The van der Waals surface area contributed by atoms with Crippen molar-refractivity contribution in [1.82, 2.24) is 24.8 Å². The Labute approximate surface area is 202 Å². The first kappa shape index (κ1) is 22.3. The van der Waals surface area contributed by atoms with Crippen LogP contribution in [0.1, 0.15) is 34.9 Å². The van der Waals surface area contributed by atoms with E-state index >= 15 is 0 Å². The van der Waals surface area contributed by atoms with Crippen LogP contribution in [0.2, 0.25) is 0 Å². The highest BCUT2D eigenvalue weighted by Gasteiger charge is 2.34. The van der Waals surface area contributed by atoms with Crippen LogP contribution in [0, 0.1) is 0 Å². The third kappa shape index (κ3) is 4.74. The van der Waals surface area contributed by atoms with Gasteiger partial charge in [-0.25, -0.2) is 19.9 Å². The van der Waals surface area contributed by atoms with Crippen molar-refractivity contribution >= 4 is 11.9 Å². The lowest BCUT2D eigenvalue weighted by atomic mass is 9.99. The quantitative estimate of drug-likeness (QED) is 0.445. The number of nitrogens with zero attached hydrogens (tertiary/aromatic N) is 5. The molecule has 4 aromatic rings. The van der Waals surface area contributed by atoms with Gasteiger partial charge in [-0.3, -0.25) is 4.79 Å². The van der Waals surface area contributed by atoms with Crippen LogP contribution in [0.25, 0.3) is 11.1 Å². The topological polar surface area (TPSA) is 116 Å². The molecule has 1 atom stereocenters. The first-order chi connectivity index (χ1) is 17.1. The summed E-state index contributed by atoms with van der Waals surface area (Å²) in [6, 6.07) is 16.4. The minimum absolute atomic E-state index is 0.110. The third-order valence-corrected chi connectivity index (χ3v) is 5.88. The van der Waals surface area contributed by atoms with Crippen molar-refractivity contribution in [2.24, 2.45) is 0 Å². The number of amides is 1. The van der Waals surface area contributed by atoms with Crippen LogP contribution in [0.5, 0.6) is 17.5 Å². The first-order valence-corrected chi connectivity index (χ1v) is 11.2. The summed E-state index contributed by atoms with van der Waals surface area (Å²) < 4.78 is 11.1. The van der Waals surface area contributed by atoms with E-state index in [0.29, 0.717) is 17.9 Å². The molecule has 1 aliphatic rings. The standard InChI is InChI=1S/C26H24N6O3/c1-34-19-8-2-6-17(14-19)21-16-30-25(27)31-23(21)22-10-4-13-32(22)24(33)18-7-3-9-20(15-18)35-26-28-11-5-12-29-26/h2-3,5-9,11-12,14-16,22H,4,10,13H2,1H3,(H2,27,30,31). The Bertz CT molecular complexity index is 1350. The lowest BCUT2D eigenvalue weighted by Crippen LogP contribution is -2.31. The van der Waals surface area contributed by atoms with Gasteiger partial charge in [0.15, 0.2) is 0 Å². The van der Waals surface area contributed by atoms with Gasteiger partial charge < -0.3 is 20.1 Å². The van der Waals surface area contributed by atoms with Crippen molar-refractivity contribution in [3.05, 3.63) is 84.4 Å². The zero-order valence-corrected chi connectivity index (χ0v) is 19.2. The Morgan fingerprint density at radius 3 is 2.66 bits per heavy atom. The molecule has 1 amide bonds. The van der Waals surface area contributed by atoms with Crippen LogP contribution in [-0.4, -0.2) is 44.4 Å². The normalized spacial score (nSPS) is 15.1. The molecule has 0 radical (unpaired) electrons. The minimum atomic E-state index is -0.240. The number of likely N-dealkylation sites (tertiary alicyclic amines) is 1. The molecule has 35 heavy (non-hydrogen) atoms. The maximum atomic E-state index is 13.6. The second-order valence-corrected chi connectivity index (χ2v) is 8.08. The predicted octanol–water partition coefficient (Wildman–Crippen LogP) is 4.29. The van der Waals surface area contributed by atoms with Gasteiger partial charge in [0.25, 0.3) is 5.91 Å². The van der Waals surface area contributed by atoms with E-state index in [2.05, 4.69) is 19.9 Å². The molecule has 0 aliphatic carbocycles. The molecule has 0 bridgehead atoms. The summed E-state index contributed by atoms with van der Waals surface area (Å²) in [7, 11) is 1.62. The molecule has 1 aliphatic heterocycles. The van der Waals surface area contributed by atoms with Gasteiger partial charge in [0.05, 0.1) is 18.8 Å². The molecule has 2 N–H and O–H groups in total. The van der Waals surface area contributed by atoms with Gasteiger partial charge in [-0.2, -0.15) is 0 Å². The number of carbonyl (C=O) groups excluding carboxylic acids is 1. The Morgan fingerprint density at radius 2 is 1.83 bits per heavy atom. The van der Waals surface area contributed by atoms with Gasteiger partial charge >= 0.3 is 6.01 Å². The van der Waals surface area contributed by atoms with Crippen LogP contribution in [0.15, 0.2) is 73.2 Å². The fourth-order valence-corrected chi connectivity index (χ4v) is 4.27. The van der Waals surface area contributed by atoms with Gasteiger partial charge in [-0.15, -0.1) is 0 Å². The molecule has 0 saturated carbocycles. The van der Waals surface area contributed by atoms with Crippen LogP contribution in [0.4, 0.5) is 5.95 Å². The van der Waals surface area contributed by atoms with Gasteiger partial charge in [0, 0.05) is 36.3 Å². The number of nitrogen functional groups attached to an aromatic ring is 1. The van der Waals surface area contributed by atoms with Gasteiger partial charge in [0.1, 0.15) is 11.5 Å². The van der Waals surface area contributed by atoms with Crippen LogP contribution < -0.4 is 15.2 Å². The summed E-state index contributed by atoms with van der Waals surface area (Å²) in [6.07, 6.45) is 6.53. The highest BCUT2D eigenvalue weighted by molar-refractivity contribution is 5.95. The summed E-state index contributed by atoms with van der Waals surface area (Å²) in [5, 5.41) is 0. The van der Waals surface area contributed by atoms with Crippen molar-refractivity contribution in [3.63, 3.8) is 0 Å². The summed E-state index contributed by atoms with van der Waals surface area (Å²) in [6.45, 7) is 0.609. The molecular formula is C26H24N6O3. The molecule has 2 aromatic carbocycles. The lowest BCUT2D eigenvalue weighted by molar-refractivity contribution is 0.0733. The average Bonchev–Trinajstić information content (AvgIpc) is 3.39. The maximum Gasteiger partial charge on any atom is 0.321 e. The SMILES string of the molecule is COc1cccc(-c2cnc(N)nc2C2CCCN2C(=O)c2cccc(Oc3ncccn3)c2)c1. The highest BCUT2D eigenvalue weighted by atomic mass is 16.5. The van der Waals surface area contributed by atoms with Crippen molar-refractivity contribution in [2.75, 3.05) is 19.4 Å². The molecule has 1 unspecified atom stereocenters. The summed E-state index contributed by atoms with van der Waals surface area (Å²) in [5.74, 6) is 1.27. The molecule has 3 heterocycles. The Morgan fingerprint density at radius 1 is 1.03 bits per heavy atom. The van der Waals surface area contributed by atoms with Crippen molar-refractivity contribution in [3.8, 4) is 28.6 Å². The first-order valence-electron chi connectivity index (χ1n) is 11.2. The smallest absolute Gasteiger partial charge is 0.321 e. The second-order valence-electron chi connectivity index (χ2n) is 8.08. The summed E-state index contributed by atoms with van der Waals surface area (Å²) in [4.78, 5) is 32.4. The lowest BCUT2D eigenvalue weighted by Gasteiger charge is -2.26. The third-order valence-electron chi connectivity index (χ3n) is 5.88. The molecule has 1 fully saturated rings. The summed E-state index contributed by atoms with van der Waals surface area (Å²) in [5.41, 5.74) is 8.93. The number of methoxy groups -OCH3 is 1. The molecule has 176 valence electrons. The monoisotopic (exact) mass is 468 g/mol. The largest absolute Gasteiger partial charge is 0.497 e. The van der Waals surface area contributed by atoms with E-state index < -0.39 is 0 Å². The number of carbonyl (C=O) groups is 1. The number of aromatic nitrogens is 4. The fourth-order valence-electron chi connectivity index (χ4n) is 4.27. The fraction of sp³-hybridized carbons (Fsp3) is 0.192. The number of rotatable bonds is 6. The number of hydrogen-bond acceptors (Lipinski definition) is 8. The summed E-state index contributed by atoms with van der Waals surface area (Å²) >= 11 is 0. The molecule has 5 rings (SSSR count). The molecule has 0 spiro atoms. The molecule has 9 heteroatoms. The van der Waals surface area contributed by atoms with Gasteiger partial charge in [-0.05, 0) is 54.8 Å². The number of hydrogen-bond donors (Lipinski definition) is 1. The maximum absolute atomic E-state index is 13.6. The zero-order valence-electron chi connectivity index (χ0n) is 19.2. The molecule has 1 saturated heterocycles. The van der Waals surface area contributed by atoms with Gasteiger partial charge in [0.2, 0.25) is 5.95 Å². The molecular weight excluding hydrogens is 444 g/mol. The van der Waals surface area contributed by atoms with E-state index in [4.69, 9.17) is 15.2 Å². The van der Waals surface area contributed by atoms with E-state index in [0.717, 1.165) is 35.4 Å². The number of anilines is 1. The molecule has 9 nitrogen and oxygen atoms in total. The molecule has 2 aromatic heterocycles. The van der Waals surface area contributed by atoms with E-state index in [-0.39, 0.29) is 23.9 Å². The van der Waals surface area contributed by atoms with Crippen LogP contribution >= 0.6 is 0 Å². The number of nitrogens with two attached hydrogens (primary N) is 1. The number of ether oxygens (including phenoxy) is 2. The Kier molecular flexibility index (Phi) is 6.21. The van der Waals surface area contributed by atoms with Gasteiger partial charge in [-0.1, -0.05) is 18.2 Å². The second kappa shape index (κ2) is 9.76. The average molecular weight is 469 g/mol. The predicted molar refractivity (Wildman–Crippen MR) is 130 cm³/mol. The van der Waals surface area contributed by atoms with Crippen molar-refractivity contribution < 1.29 is 14.3 Å². The van der Waals surface area contributed by atoms with E-state index in [1.807, 2.05) is 29.2 Å². The van der Waals surface area contributed by atoms with E-state index in [9.17, 15) is 4.79 Å². The van der Waals surface area contributed by atoms with E-state index in [1.165, 1.54) is 0 Å². The van der Waals surface area contributed by atoms with Crippen molar-refractivity contribution in [2.45, 2.75) is 18.9 Å². The van der Waals surface area contributed by atoms with E-state index in [1.54, 1.807) is 56.0 Å². The highest BCUT2D eigenvalue weighted by Crippen LogP contribution is 2.38. The van der Waals surface area contributed by atoms with Crippen molar-refractivity contribution in [1.29, 1.82) is 0 Å².